The van der Waals surface area contributed by atoms with Gasteiger partial charge in [0.2, 0.25) is 0 Å². The molecule has 7 rings (SSSR count). The molecule has 2 aliphatic rings. The van der Waals surface area contributed by atoms with E-state index >= 15 is 0 Å². The van der Waals surface area contributed by atoms with E-state index in [1.54, 1.807) is 0 Å². The van der Waals surface area contributed by atoms with Crippen LogP contribution in [0, 0.1) is 20.8 Å². The molecule has 0 fully saturated rings. The van der Waals surface area contributed by atoms with Gasteiger partial charge in [-0.3, -0.25) is 0 Å². The summed E-state index contributed by atoms with van der Waals surface area (Å²) in [5.74, 6) is 2.31. The maximum atomic E-state index is 5.32. The lowest BCUT2D eigenvalue weighted by molar-refractivity contribution is 0.809. The van der Waals surface area contributed by atoms with Crippen LogP contribution in [0.15, 0.2) is 113 Å². The quantitative estimate of drug-likeness (QED) is 0.273. The molecule has 0 aliphatic carbocycles. The third-order valence-electron chi connectivity index (χ3n) is 7.44. The smallest absolute Gasteiger partial charge is 0.179 e. The van der Waals surface area contributed by atoms with Crippen LogP contribution in [-0.4, -0.2) is 21.5 Å². The van der Waals surface area contributed by atoms with E-state index in [9.17, 15) is 0 Å². The number of benzene rings is 4. The zero-order valence-electron chi connectivity index (χ0n) is 22.1. The van der Waals surface area contributed by atoms with Gasteiger partial charge in [-0.2, -0.15) is 5.10 Å². The van der Waals surface area contributed by atoms with Gasteiger partial charge in [-0.25, -0.2) is 14.7 Å². The van der Waals surface area contributed by atoms with Crippen LogP contribution in [0.5, 0.6) is 0 Å². The fraction of sp³-hybridized carbons (Fsp3) is 0.121. The normalized spacial score (nSPS) is 15.6. The van der Waals surface area contributed by atoms with Crippen molar-refractivity contribution in [2.45, 2.75) is 26.8 Å². The number of aryl methyl sites for hydroxylation is 3. The number of para-hydroxylation sites is 3. The third-order valence-corrected chi connectivity index (χ3v) is 7.44. The number of nitrogens with one attached hydrogen (secondary N) is 1. The minimum absolute atomic E-state index is 0.128. The summed E-state index contributed by atoms with van der Waals surface area (Å²) in [7, 11) is 0. The first-order valence-electron chi connectivity index (χ1n) is 13.2. The maximum absolute atomic E-state index is 5.32. The van der Waals surface area contributed by atoms with E-state index in [2.05, 4.69) is 97.7 Å². The molecule has 6 nitrogen and oxygen atoms in total. The minimum atomic E-state index is -0.128. The molecule has 6 heteroatoms. The third kappa shape index (κ3) is 3.84. The monoisotopic (exact) mass is 508 g/mol. The molecule has 190 valence electrons. The minimum Gasteiger partial charge on any atom is -0.337 e. The van der Waals surface area contributed by atoms with E-state index in [-0.39, 0.29) is 6.04 Å². The van der Waals surface area contributed by atoms with E-state index in [4.69, 9.17) is 15.1 Å². The van der Waals surface area contributed by atoms with Crippen LogP contribution in [0.2, 0.25) is 0 Å². The van der Waals surface area contributed by atoms with E-state index in [1.165, 1.54) is 16.7 Å². The van der Waals surface area contributed by atoms with Crippen molar-refractivity contribution in [3.8, 4) is 5.69 Å². The lowest BCUT2D eigenvalue weighted by Crippen LogP contribution is -2.46. The molecule has 0 spiro atoms. The topological polar surface area (TPSA) is 57.8 Å². The molecule has 4 aromatic carbocycles. The van der Waals surface area contributed by atoms with Crippen molar-refractivity contribution >= 4 is 34.6 Å². The predicted molar refractivity (Wildman–Crippen MR) is 159 cm³/mol. The Labute approximate surface area is 228 Å². The van der Waals surface area contributed by atoms with Gasteiger partial charge in [0, 0.05) is 11.3 Å². The second-order valence-corrected chi connectivity index (χ2v) is 10.1. The largest absolute Gasteiger partial charge is 0.337 e. The van der Waals surface area contributed by atoms with Crippen LogP contribution in [0.4, 0.5) is 22.9 Å². The number of hydrogen-bond donors (Lipinski definition) is 1. The van der Waals surface area contributed by atoms with Crippen LogP contribution in [-0.2, 0) is 0 Å². The molecule has 0 saturated heterocycles. The summed E-state index contributed by atoms with van der Waals surface area (Å²) in [6.45, 7) is 6.35. The summed E-state index contributed by atoms with van der Waals surface area (Å²) >= 11 is 0. The van der Waals surface area contributed by atoms with Crippen molar-refractivity contribution in [1.29, 1.82) is 0 Å². The van der Waals surface area contributed by atoms with Gasteiger partial charge in [0.15, 0.2) is 17.5 Å². The molecular formula is C33H28N6. The summed E-state index contributed by atoms with van der Waals surface area (Å²) in [5, 5.41) is 8.60. The van der Waals surface area contributed by atoms with E-state index < -0.39 is 0 Å². The molecule has 0 bridgehead atoms. The Morgan fingerprint density at radius 1 is 0.718 bits per heavy atom. The standard InChI is InChI=1S/C33H28N6/c1-21-17-19-25(20-18-21)39-32-29(23(3)37-39)30(26-14-8-7-11-22(26)2)38-28-16-10-9-15-27(28)35-31(33(38)36-32)34-24-12-5-4-6-13-24/h4-20,30H,1-3H3,(H,34,35)/t30-/m0/s1. The number of rotatable bonds is 3. The van der Waals surface area contributed by atoms with Gasteiger partial charge in [0.1, 0.15) is 0 Å². The van der Waals surface area contributed by atoms with Crippen LogP contribution >= 0.6 is 0 Å². The van der Waals surface area contributed by atoms with Crippen LogP contribution in [0.1, 0.15) is 34.0 Å². The highest BCUT2D eigenvalue weighted by atomic mass is 15.4. The number of fused-ring (bicyclic) bond motifs is 4. The molecule has 0 amide bonds. The van der Waals surface area contributed by atoms with Crippen LogP contribution in [0.25, 0.3) is 5.69 Å². The fourth-order valence-electron chi connectivity index (χ4n) is 5.51. The predicted octanol–water partition coefficient (Wildman–Crippen LogP) is 7.59. The summed E-state index contributed by atoms with van der Waals surface area (Å²) < 4.78 is 1.97. The molecule has 5 aromatic rings. The van der Waals surface area contributed by atoms with Crippen LogP contribution in [0.3, 0.4) is 0 Å². The van der Waals surface area contributed by atoms with Gasteiger partial charge in [-0.1, -0.05) is 72.3 Å². The number of hydrogen-bond acceptors (Lipinski definition) is 5. The maximum Gasteiger partial charge on any atom is 0.179 e. The molecule has 0 radical (unpaired) electrons. The van der Waals surface area contributed by atoms with Crippen LogP contribution < -0.4 is 10.2 Å². The lowest BCUT2D eigenvalue weighted by atomic mass is 9.90. The molecule has 3 heterocycles. The highest BCUT2D eigenvalue weighted by Crippen LogP contribution is 2.48. The highest BCUT2D eigenvalue weighted by molar-refractivity contribution is 6.51. The summed E-state index contributed by atoms with van der Waals surface area (Å²) in [4.78, 5) is 12.7. The Balaban J connectivity index is 1.52. The number of nitrogens with zero attached hydrogens (tertiary/aromatic N) is 5. The van der Waals surface area contributed by atoms with E-state index in [1.807, 2.05) is 41.1 Å². The zero-order chi connectivity index (χ0) is 26.5. The number of aromatic nitrogens is 2. The van der Waals surface area contributed by atoms with Gasteiger partial charge in [-0.15, -0.1) is 0 Å². The molecular weight excluding hydrogens is 480 g/mol. The SMILES string of the molecule is Cc1ccc(-n2nc(C)c3c2N=C2C(Nc4ccccc4)=Nc4ccccc4N2[C@H]3c2ccccc2C)cc1. The molecule has 2 aliphatic heterocycles. The lowest BCUT2D eigenvalue weighted by Gasteiger charge is -2.41. The van der Waals surface area contributed by atoms with Crippen molar-refractivity contribution in [2.75, 3.05) is 10.2 Å². The Hall–Kier alpha value is -4.97. The second kappa shape index (κ2) is 9.10. The van der Waals surface area contributed by atoms with Crippen molar-refractivity contribution in [3.63, 3.8) is 0 Å². The highest BCUT2D eigenvalue weighted by Gasteiger charge is 2.41. The average molecular weight is 509 g/mol. The van der Waals surface area contributed by atoms with E-state index in [0.717, 1.165) is 45.7 Å². The molecule has 1 atom stereocenters. The van der Waals surface area contributed by atoms with Gasteiger partial charge in [0.05, 0.1) is 28.8 Å². The average Bonchev–Trinajstić information content (AvgIpc) is 3.29. The summed E-state index contributed by atoms with van der Waals surface area (Å²) in [5.41, 5.74) is 9.57. The Morgan fingerprint density at radius 2 is 1.44 bits per heavy atom. The van der Waals surface area contributed by atoms with Crippen molar-refractivity contribution < 1.29 is 0 Å². The molecule has 1 N–H and O–H groups in total. The zero-order valence-corrected chi connectivity index (χ0v) is 22.1. The van der Waals surface area contributed by atoms with Crippen molar-refractivity contribution in [1.82, 2.24) is 9.78 Å². The molecule has 39 heavy (non-hydrogen) atoms. The van der Waals surface area contributed by atoms with E-state index in [0.29, 0.717) is 5.84 Å². The molecule has 0 unspecified atom stereocenters. The first-order chi connectivity index (χ1) is 19.1. The number of anilines is 2. The van der Waals surface area contributed by atoms with Crippen molar-refractivity contribution in [3.05, 3.63) is 131 Å². The summed E-state index contributed by atoms with van der Waals surface area (Å²) in [6.07, 6.45) is 0. The van der Waals surface area contributed by atoms with Crippen molar-refractivity contribution in [2.24, 2.45) is 9.98 Å². The summed E-state index contributed by atoms with van der Waals surface area (Å²) in [6, 6.07) is 35.3. The Morgan fingerprint density at radius 3 is 2.23 bits per heavy atom. The van der Waals surface area contributed by atoms with Gasteiger partial charge >= 0.3 is 0 Å². The number of amidine groups is 2. The Kier molecular flexibility index (Phi) is 5.40. The number of aliphatic imine (C=N–C) groups is 2. The first-order valence-corrected chi connectivity index (χ1v) is 13.2. The molecule has 0 saturated carbocycles. The second-order valence-electron chi connectivity index (χ2n) is 10.1. The van der Waals surface area contributed by atoms with Gasteiger partial charge in [-0.05, 0) is 68.3 Å². The van der Waals surface area contributed by atoms with Gasteiger partial charge in [0.25, 0.3) is 0 Å². The van der Waals surface area contributed by atoms with Gasteiger partial charge < -0.3 is 10.2 Å². The Bertz CT molecular complexity index is 1760. The fourth-order valence-corrected chi connectivity index (χ4v) is 5.51. The first kappa shape index (κ1) is 23.2. The molecule has 1 aromatic heterocycles.